The Morgan fingerprint density at radius 2 is 2.11 bits per heavy atom. The zero-order chi connectivity index (χ0) is 14.1. The van der Waals surface area contributed by atoms with Crippen LogP contribution in [-0.2, 0) is 16.0 Å². The number of hydrogen-bond donors (Lipinski definition) is 1. The highest BCUT2D eigenvalue weighted by Crippen LogP contribution is 2.12. The summed E-state index contributed by atoms with van der Waals surface area (Å²) in [4.78, 5) is 11.8. The van der Waals surface area contributed by atoms with Crippen LogP contribution in [0.2, 0.25) is 0 Å². The molecule has 0 aromatic heterocycles. The molecule has 1 unspecified atom stereocenters. The van der Waals surface area contributed by atoms with Gasteiger partial charge in [-0.15, -0.1) is 0 Å². The predicted molar refractivity (Wildman–Crippen MR) is 73.4 cm³/mol. The molecule has 19 heavy (non-hydrogen) atoms. The molecular weight excluding hydrogens is 245 g/mol. The summed E-state index contributed by atoms with van der Waals surface area (Å²) in [6.45, 7) is 3.17. The van der Waals surface area contributed by atoms with Gasteiger partial charge in [0.1, 0.15) is 5.82 Å². The second kappa shape index (κ2) is 8.64. The Bertz CT molecular complexity index is 395. The molecule has 1 atom stereocenters. The Labute approximate surface area is 114 Å². The van der Waals surface area contributed by atoms with Gasteiger partial charge in [0.2, 0.25) is 5.91 Å². The van der Waals surface area contributed by atoms with Crippen LogP contribution in [0.5, 0.6) is 0 Å². The van der Waals surface area contributed by atoms with Gasteiger partial charge < -0.3 is 10.1 Å². The van der Waals surface area contributed by atoms with Gasteiger partial charge in [-0.25, -0.2) is 4.39 Å². The number of ether oxygens (including phenoxy) is 1. The van der Waals surface area contributed by atoms with Crippen molar-refractivity contribution in [1.29, 1.82) is 0 Å². The van der Waals surface area contributed by atoms with E-state index in [1.54, 1.807) is 25.3 Å². The summed E-state index contributed by atoms with van der Waals surface area (Å²) in [6, 6.07) is 6.58. The van der Waals surface area contributed by atoms with Crippen LogP contribution in [0.25, 0.3) is 0 Å². The number of amides is 1. The molecule has 1 N–H and O–H groups in total. The van der Waals surface area contributed by atoms with Crippen LogP contribution in [0.3, 0.4) is 0 Å². The van der Waals surface area contributed by atoms with Gasteiger partial charge in [-0.3, -0.25) is 4.79 Å². The van der Waals surface area contributed by atoms with Crippen LogP contribution in [0.15, 0.2) is 24.3 Å². The summed E-state index contributed by atoms with van der Waals surface area (Å²) in [7, 11) is 1.66. The molecule has 1 aromatic rings. The lowest BCUT2D eigenvalue weighted by Crippen LogP contribution is -2.31. The first-order chi connectivity index (χ1) is 9.15. The van der Waals surface area contributed by atoms with Crippen molar-refractivity contribution in [3.05, 3.63) is 35.6 Å². The molecule has 0 aliphatic carbocycles. The van der Waals surface area contributed by atoms with Gasteiger partial charge in [-0.2, -0.15) is 0 Å². The molecule has 0 saturated carbocycles. The maximum Gasteiger partial charge on any atom is 0.223 e. The maximum atomic E-state index is 13.5. The third-order valence-corrected chi connectivity index (χ3v) is 3.01. The zero-order valence-corrected chi connectivity index (χ0v) is 11.6. The molecule has 3 nitrogen and oxygen atoms in total. The minimum Gasteiger partial charge on any atom is -0.385 e. The fourth-order valence-electron chi connectivity index (χ4n) is 1.84. The third-order valence-electron chi connectivity index (χ3n) is 3.01. The molecule has 0 aliphatic rings. The fraction of sp³-hybridized carbons (Fsp3) is 0.533. The molecule has 0 spiro atoms. The summed E-state index contributed by atoms with van der Waals surface area (Å²) in [5.74, 6) is -0.498. The van der Waals surface area contributed by atoms with E-state index in [-0.39, 0.29) is 17.6 Å². The second-order valence-corrected chi connectivity index (χ2v) is 4.69. The van der Waals surface area contributed by atoms with E-state index in [9.17, 15) is 9.18 Å². The number of unbranched alkanes of at least 4 members (excludes halogenated alkanes) is 1. The van der Waals surface area contributed by atoms with Gasteiger partial charge in [0.05, 0.1) is 0 Å². The monoisotopic (exact) mass is 267 g/mol. The van der Waals surface area contributed by atoms with Crippen LogP contribution in [0, 0.1) is 11.7 Å². The van der Waals surface area contributed by atoms with Crippen molar-refractivity contribution in [2.45, 2.75) is 26.2 Å². The zero-order valence-electron chi connectivity index (χ0n) is 11.6. The Hall–Kier alpha value is -1.42. The van der Waals surface area contributed by atoms with Gasteiger partial charge in [-0.1, -0.05) is 25.1 Å². The van der Waals surface area contributed by atoms with E-state index in [2.05, 4.69) is 5.32 Å². The van der Waals surface area contributed by atoms with E-state index in [0.29, 0.717) is 25.1 Å². The SMILES string of the molecule is COCCCCNC(=O)C(C)Cc1ccccc1F. The van der Waals surface area contributed by atoms with Crippen molar-refractivity contribution in [2.75, 3.05) is 20.3 Å². The van der Waals surface area contributed by atoms with Gasteiger partial charge in [0, 0.05) is 26.2 Å². The molecule has 1 aromatic carbocycles. The molecular formula is C15H22FNO2. The van der Waals surface area contributed by atoms with Crippen LogP contribution >= 0.6 is 0 Å². The van der Waals surface area contributed by atoms with Gasteiger partial charge in [0.15, 0.2) is 0 Å². The van der Waals surface area contributed by atoms with E-state index in [1.807, 2.05) is 6.92 Å². The summed E-state index contributed by atoms with van der Waals surface area (Å²) < 4.78 is 18.4. The molecule has 0 radical (unpaired) electrons. The van der Waals surface area contributed by atoms with Crippen LogP contribution in [0.1, 0.15) is 25.3 Å². The minimum atomic E-state index is -0.248. The summed E-state index contributed by atoms with van der Waals surface area (Å²) in [5.41, 5.74) is 0.588. The van der Waals surface area contributed by atoms with E-state index in [0.717, 1.165) is 12.8 Å². The van der Waals surface area contributed by atoms with Gasteiger partial charge in [0.25, 0.3) is 0 Å². The Kier molecular flexibility index (Phi) is 7.11. The van der Waals surface area contributed by atoms with Crippen LogP contribution < -0.4 is 5.32 Å². The number of halogens is 1. The number of carbonyl (C=O) groups is 1. The molecule has 1 amide bonds. The first-order valence-electron chi connectivity index (χ1n) is 6.65. The van der Waals surface area contributed by atoms with E-state index in [4.69, 9.17) is 4.74 Å². The number of rotatable bonds is 8. The minimum absolute atomic E-state index is 0.0272. The average molecular weight is 267 g/mol. The fourth-order valence-corrected chi connectivity index (χ4v) is 1.84. The largest absolute Gasteiger partial charge is 0.385 e. The lowest BCUT2D eigenvalue weighted by molar-refractivity contribution is -0.124. The molecule has 0 aliphatic heterocycles. The molecule has 0 bridgehead atoms. The van der Waals surface area contributed by atoms with Crippen LogP contribution in [-0.4, -0.2) is 26.2 Å². The number of nitrogens with one attached hydrogen (secondary N) is 1. The van der Waals surface area contributed by atoms with E-state index >= 15 is 0 Å². The third kappa shape index (κ3) is 5.83. The molecule has 1 rings (SSSR count). The normalized spacial score (nSPS) is 12.2. The quantitative estimate of drug-likeness (QED) is 0.735. The number of carbonyl (C=O) groups excluding carboxylic acids is 1. The highest BCUT2D eigenvalue weighted by Gasteiger charge is 2.14. The molecule has 0 heterocycles. The number of benzene rings is 1. The van der Waals surface area contributed by atoms with Crippen molar-refractivity contribution in [3.63, 3.8) is 0 Å². The Morgan fingerprint density at radius 3 is 2.79 bits per heavy atom. The summed E-state index contributed by atoms with van der Waals surface area (Å²) in [5, 5.41) is 2.86. The van der Waals surface area contributed by atoms with Crippen LogP contribution in [0.4, 0.5) is 4.39 Å². The van der Waals surface area contributed by atoms with Crippen molar-refractivity contribution in [3.8, 4) is 0 Å². The highest BCUT2D eigenvalue weighted by atomic mass is 19.1. The smallest absolute Gasteiger partial charge is 0.223 e. The molecule has 106 valence electrons. The van der Waals surface area contributed by atoms with Crippen molar-refractivity contribution < 1.29 is 13.9 Å². The standard InChI is InChI=1S/C15H22FNO2/c1-12(11-13-7-3-4-8-14(13)16)15(18)17-9-5-6-10-19-2/h3-4,7-8,12H,5-6,9-11H2,1-2H3,(H,17,18). The first-order valence-corrected chi connectivity index (χ1v) is 6.65. The number of methoxy groups -OCH3 is 1. The topological polar surface area (TPSA) is 38.3 Å². The Morgan fingerprint density at radius 1 is 1.37 bits per heavy atom. The molecule has 4 heteroatoms. The summed E-state index contributed by atoms with van der Waals surface area (Å²) in [6.07, 6.45) is 2.25. The van der Waals surface area contributed by atoms with E-state index < -0.39 is 0 Å². The van der Waals surface area contributed by atoms with E-state index in [1.165, 1.54) is 6.07 Å². The number of hydrogen-bond acceptors (Lipinski definition) is 2. The summed E-state index contributed by atoms with van der Waals surface area (Å²) >= 11 is 0. The second-order valence-electron chi connectivity index (χ2n) is 4.69. The molecule has 0 fully saturated rings. The lowest BCUT2D eigenvalue weighted by Gasteiger charge is -2.12. The van der Waals surface area contributed by atoms with Crippen molar-refractivity contribution in [1.82, 2.24) is 5.32 Å². The van der Waals surface area contributed by atoms with Crippen molar-refractivity contribution >= 4 is 5.91 Å². The Balaban J connectivity index is 2.31. The average Bonchev–Trinajstić information content (AvgIpc) is 2.41. The maximum absolute atomic E-state index is 13.5. The first kappa shape index (κ1) is 15.6. The van der Waals surface area contributed by atoms with Crippen molar-refractivity contribution in [2.24, 2.45) is 5.92 Å². The van der Waals surface area contributed by atoms with Gasteiger partial charge in [-0.05, 0) is 30.9 Å². The predicted octanol–water partition coefficient (Wildman–Crippen LogP) is 2.55. The highest BCUT2D eigenvalue weighted by molar-refractivity contribution is 5.78. The lowest BCUT2D eigenvalue weighted by atomic mass is 10.00. The molecule has 0 saturated heterocycles. The van der Waals surface area contributed by atoms with Gasteiger partial charge >= 0.3 is 0 Å².